The van der Waals surface area contributed by atoms with Crippen LogP contribution in [0.2, 0.25) is 0 Å². The topological polar surface area (TPSA) is 96.0 Å². The van der Waals surface area contributed by atoms with Gasteiger partial charge < -0.3 is 23.2 Å². The molecule has 0 aliphatic rings. The number of rotatable bonds is 5. The number of diazo groups is 1. The van der Waals surface area contributed by atoms with Crippen molar-refractivity contribution in [1.82, 2.24) is 0 Å². The first-order valence-electron chi connectivity index (χ1n) is 5.69. The lowest BCUT2D eigenvalue weighted by Crippen LogP contribution is -2.54. The number of carbonyl (C=O) groups is 1. The molecular formula is C12H18N2O5Si. The van der Waals surface area contributed by atoms with Gasteiger partial charge in [0.1, 0.15) is 4.98 Å². The zero-order chi connectivity index (χ0) is 15.6. The Balaban J connectivity index is 0.000000796. The van der Waals surface area contributed by atoms with E-state index in [1.54, 1.807) is 21.3 Å². The van der Waals surface area contributed by atoms with Gasteiger partial charge in [-0.1, -0.05) is 24.3 Å². The second kappa shape index (κ2) is 9.16. The Kier molecular flexibility index (Phi) is 8.34. The van der Waals surface area contributed by atoms with Crippen LogP contribution in [0.5, 0.6) is 0 Å². The maximum Gasteiger partial charge on any atom is 0.536 e. The van der Waals surface area contributed by atoms with Gasteiger partial charge in [-0.15, -0.1) is 0 Å². The minimum atomic E-state index is -2.73. The molecule has 0 spiro atoms. The highest BCUT2D eigenvalue weighted by Crippen LogP contribution is 2.08. The van der Waals surface area contributed by atoms with Crippen LogP contribution in [0.4, 0.5) is 0 Å². The summed E-state index contributed by atoms with van der Waals surface area (Å²) in [6.45, 7) is 1.25. The predicted octanol–water partition coefficient (Wildman–Crippen LogP) is -0.119. The smallest absolute Gasteiger partial charge is 0.536 e. The Bertz CT molecular complexity index is 442. The van der Waals surface area contributed by atoms with Crippen LogP contribution in [0.3, 0.4) is 0 Å². The molecule has 0 N–H and O–H groups in total. The Morgan fingerprint density at radius 3 is 1.90 bits per heavy atom. The summed E-state index contributed by atoms with van der Waals surface area (Å²) in [4.78, 5) is 12.0. The fraction of sp³-hybridized carbons (Fsp3) is 0.417. The molecule has 0 fully saturated rings. The van der Waals surface area contributed by atoms with Crippen molar-refractivity contribution in [3.63, 3.8) is 0 Å². The van der Waals surface area contributed by atoms with Crippen molar-refractivity contribution in [2.24, 2.45) is 0 Å². The fourth-order valence-corrected chi connectivity index (χ4v) is 3.28. The highest BCUT2D eigenvalue weighted by molar-refractivity contribution is 6.75. The summed E-state index contributed by atoms with van der Waals surface area (Å²) in [7, 11) is 1.96. The molecule has 0 radical (unpaired) electrons. The third-order valence-electron chi connectivity index (χ3n) is 2.37. The van der Waals surface area contributed by atoms with E-state index in [0.717, 1.165) is 17.7 Å². The maximum atomic E-state index is 8.89. The van der Waals surface area contributed by atoms with Gasteiger partial charge in [0.25, 0.3) is 0 Å². The minimum Gasteiger partial charge on any atom is -0.550 e. The molecule has 0 aliphatic heterocycles. The van der Waals surface area contributed by atoms with Crippen molar-refractivity contribution < 1.29 is 23.2 Å². The number of benzene rings is 1. The average molecular weight is 298 g/mol. The van der Waals surface area contributed by atoms with E-state index in [4.69, 9.17) is 28.6 Å². The molecule has 7 nitrogen and oxygen atoms in total. The van der Waals surface area contributed by atoms with Crippen LogP contribution in [0.15, 0.2) is 24.3 Å². The summed E-state index contributed by atoms with van der Waals surface area (Å²) in [6, 6.07) is 7.44. The number of hydrogen-bond acceptors (Lipinski definition) is 6. The molecule has 0 saturated heterocycles. The minimum absolute atomic E-state index is 0.280. The van der Waals surface area contributed by atoms with Gasteiger partial charge in [0, 0.05) is 38.0 Å². The lowest BCUT2D eigenvalue weighted by Gasteiger charge is -2.24. The van der Waals surface area contributed by atoms with E-state index in [9.17, 15) is 0 Å². The standard InChI is InChI=1S/C10H15N2O3Si.C2H4O2/c1-13-16(14-2,15-3)10-6-4-9(5-7-10)8-12-11;1-2(3)4/h4-7H,8H2,1-3H3;1H3,(H,3,4)/q+1;/p-1. The Morgan fingerprint density at radius 1 is 1.20 bits per heavy atom. The van der Waals surface area contributed by atoms with E-state index in [1.165, 1.54) is 0 Å². The molecule has 0 saturated carbocycles. The van der Waals surface area contributed by atoms with Crippen molar-refractivity contribution in [2.45, 2.75) is 13.5 Å². The van der Waals surface area contributed by atoms with Gasteiger partial charge in [0.05, 0.1) is 0 Å². The summed E-state index contributed by atoms with van der Waals surface area (Å²) in [6.07, 6.45) is 0. The second-order valence-electron chi connectivity index (χ2n) is 3.66. The number of hydrogen-bond donors (Lipinski definition) is 0. The van der Waals surface area contributed by atoms with Crippen molar-refractivity contribution in [3.05, 3.63) is 34.8 Å². The van der Waals surface area contributed by atoms with Crippen molar-refractivity contribution in [1.29, 1.82) is 5.39 Å². The van der Waals surface area contributed by atoms with Gasteiger partial charge in [-0.3, -0.25) is 0 Å². The lowest BCUT2D eigenvalue weighted by atomic mass is 10.2. The van der Waals surface area contributed by atoms with E-state index in [-0.39, 0.29) is 6.54 Å². The lowest BCUT2D eigenvalue weighted by molar-refractivity contribution is -0.302. The predicted molar refractivity (Wildman–Crippen MR) is 72.3 cm³/mol. The third-order valence-corrected chi connectivity index (χ3v) is 5.02. The van der Waals surface area contributed by atoms with Crippen LogP contribution < -0.4 is 10.3 Å². The van der Waals surface area contributed by atoms with Gasteiger partial charge in [-0.2, -0.15) is 0 Å². The number of aliphatic carboxylic acids is 1. The van der Waals surface area contributed by atoms with Crippen molar-refractivity contribution >= 4 is 20.0 Å². The van der Waals surface area contributed by atoms with Crippen molar-refractivity contribution in [3.8, 4) is 0 Å². The first-order valence-corrected chi connectivity index (χ1v) is 7.41. The van der Waals surface area contributed by atoms with E-state index >= 15 is 0 Å². The van der Waals surface area contributed by atoms with Crippen LogP contribution in [0.1, 0.15) is 12.5 Å². The number of carboxylic acids is 1. The Morgan fingerprint density at radius 2 is 1.60 bits per heavy atom. The normalized spacial score (nSPS) is 10.2. The Hall–Kier alpha value is -1.79. The van der Waals surface area contributed by atoms with Gasteiger partial charge in [0.2, 0.25) is 5.39 Å². The third kappa shape index (κ3) is 5.46. The van der Waals surface area contributed by atoms with E-state index in [0.29, 0.717) is 0 Å². The second-order valence-corrected chi connectivity index (χ2v) is 6.57. The molecule has 0 aliphatic carbocycles. The van der Waals surface area contributed by atoms with Gasteiger partial charge in [-0.25, -0.2) is 0 Å². The largest absolute Gasteiger partial charge is 0.550 e. The van der Waals surface area contributed by atoms with Gasteiger partial charge in [0.15, 0.2) is 0 Å². The highest BCUT2D eigenvalue weighted by atomic mass is 28.4. The van der Waals surface area contributed by atoms with Crippen LogP contribution in [0, 0.1) is 5.39 Å². The number of carboxylic acid groups (broad SMARTS) is 1. The molecule has 20 heavy (non-hydrogen) atoms. The molecule has 0 bridgehead atoms. The van der Waals surface area contributed by atoms with E-state index < -0.39 is 14.8 Å². The summed E-state index contributed by atoms with van der Waals surface area (Å²) in [5, 5.41) is 18.2. The summed E-state index contributed by atoms with van der Waals surface area (Å²) < 4.78 is 16.0. The SMILES string of the molecule is CC(=O)[O-].CO[Si](OC)(OC)c1ccc(C[N+]#N)cc1. The van der Waals surface area contributed by atoms with Crippen LogP contribution >= 0.6 is 0 Å². The van der Waals surface area contributed by atoms with Gasteiger partial charge in [-0.05, 0) is 6.92 Å². The molecule has 0 amide bonds. The molecule has 1 aromatic carbocycles. The molecule has 1 rings (SSSR count). The first-order chi connectivity index (χ1) is 9.45. The molecule has 110 valence electrons. The summed E-state index contributed by atoms with van der Waals surface area (Å²) in [5.41, 5.74) is 0.914. The molecule has 0 aromatic heterocycles. The van der Waals surface area contributed by atoms with Crippen LogP contribution in [-0.2, 0) is 24.6 Å². The molecule has 0 heterocycles. The van der Waals surface area contributed by atoms with Crippen molar-refractivity contribution in [2.75, 3.05) is 21.3 Å². The zero-order valence-corrected chi connectivity index (χ0v) is 13.0. The molecule has 0 unspecified atom stereocenters. The fourth-order valence-electron chi connectivity index (χ4n) is 1.50. The monoisotopic (exact) mass is 298 g/mol. The van der Waals surface area contributed by atoms with Gasteiger partial charge >= 0.3 is 15.3 Å². The number of nitrogens with zero attached hydrogens (tertiary/aromatic N) is 2. The first kappa shape index (κ1) is 18.2. The number of carbonyl (C=O) groups excluding carboxylic acids is 1. The molecule has 0 atom stereocenters. The average Bonchev–Trinajstić information content (AvgIpc) is 2.43. The van der Waals surface area contributed by atoms with E-state index in [1.807, 2.05) is 24.3 Å². The Labute approximate surface area is 119 Å². The maximum absolute atomic E-state index is 8.89. The van der Waals surface area contributed by atoms with E-state index in [2.05, 4.69) is 4.98 Å². The molecular weight excluding hydrogens is 280 g/mol. The summed E-state index contributed by atoms with van der Waals surface area (Å²) >= 11 is 0. The molecule has 1 aromatic rings. The van der Waals surface area contributed by atoms with Crippen LogP contribution in [0.25, 0.3) is 4.98 Å². The molecule has 8 heteroatoms. The quantitative estimate of drug-likeness (QED) is 0.555. The van der Waals surface area contributed by atoms with Crippen LogP contribution in [-0.4, -0.2) is 36.1 Å². The zero-order valence-electron chi connectivity index (χ0n) is 12.0. The summed E-state index contributed by atoms with van der Waals surface area (Å²) in [5.74, 6) is -1.08. The highest BCUT2D eigenvalue weighted by Gasteiger charge is 2.40.